The zero-order chi connectivity index (χ0) is 11.1. The summed E-state index contributed by atoms with van der Waals surface area (Å²) in [5, 5.41) is 3.49. The second kappa shape index (κ2) is 4.30. The molecule has 3 fully saturated rings. The molecular weight excluding hydrogens is 196 g/mol. The molecule has 16 heavy (non-hydrogen) atoms. The molecule has 0 radical (unpaired) electrons. The molecule has 1 N–H and O–H groups in total. The van der Waals surface area contributed by atoms with E-state index < -0.39 is 0 Å². The maximum absolute atomic E-state index is 3.49. The Balaban J connectivity index is 1.62. The van der Waals surface area contributed by atoms with Crippen LogP contribution in [0, 0.1) is 5.92 Å². The van der Waals surface area contributed by atoms with Crippen molar-refractivity contribution in [1.82, 2.24) is 10.2 Å². The van der Waals surface area contributed by atoms with Crippen LogP contribution in [0.3, 0.4) is 0 Å². The molecule has 0 spiro atoms. The molecule has 1 aliphatic carbocycles. The fourth-order valence-corrected chi connectivity index (χ4v) is 4.27. The summed E-state index contributed by atoms with van der Waals surface area (Å²) in [6.45, 7) is 2.33. The van der Waals surface area contributed by atoms with Gasteiger partial charge in [0.25, 0.3) is 0 Å². The summed E-state index contributed by atoms with van der Waals surface area (Å²) in [4.78, 5) is 2.92. The highest BCUT2D eigenvalue weighted by molar-refractivity contribution is 5.06. The molecule has 2 heteroatoms. The summed E-state index contributed by atoms with van der Waals surface area (Å²) in [7, 11) is 2.14. The second-order valence-electron chi connectivity index (χ2n) is 6.14. The van der Waals surface area contributed by atoms with Crippen LogP contribution in [-0.2, 0) is 0 Å². The minimum absolute atomic E-state index is 0.803. The Morgan fingerprint density at radius 3 is 2.38 bits per heavy atom. The van der Waals surface area contributed by atoms with Gasteiger partial charge in [-0.3, -0.25) is 4.90 Å². The Morgan fingerprint density at radius 1 is 1.12 bits per heavy atom. The van der Waals surface area contributed by atoms with Crippen LogP contribution in [-0.4, -0.2) is 36.1 Å². The minimum atomic E-state index is 0.803. The SMILES string of the molecule is CCCC1CC1N1C2CCC1CC(NC)C2. The van der Waals surface area contributed by atoms with Crippen LogP contribution >= 0.6 is 0 Å². The number of piperidine rings is 1. The molecule has 0 aromatic rings. The zero-order valence-electron chi connectivity index (χ0n) is 10.8. The number of nitrogens with one attached hydrogen (secondary N) is 1. The van der Waals surface area contributed by atoms with Crippen LogP contribution in [0.2, 0.25) is 0 Å². The van der Waals surface area contributed by atoms with Gasteiger partial charge in [0.05, 0.1) is 0 Å². The smallest absolute Gasteiger partial charge is 0.0133 e. The molecule has 0 aromatic heterocycles. The molecule has 2 saturated heterocycles. The highest BCUT2D eigenvalue weighted by atomic mass is 15.3. The molecule has 4 atom stereocenters. The number of nitrogens with zero attached hydrogens (tertiary/aromatic N) is 1. The van der Waals surface area contributed by atoms with E-state index in [-0.39, 0.29) is 0 Å². The third kappa shape index (κ3) is 1.80. The van der Waals surface area contributed by atoms with Gasteiger partial charge in [-0.05, 0) is 51.5 Å². The number of rotatable bonds is 4. The van der Waals surface area contributed by atoms with Crippen molar-refractivity contribution in [1.29, 1.82) is 0 Å². The molecule has 1 saturated carbocycles. The van der Waals surface area contributed by atoms with Crippen LogP contribution in [0.25, 0.3) is 0 Å². The van der Waals surface area contributed by atoms with E-state index in [0.717, 1.165) is 30.1 Å². The lowest BCUT2D eigenvalue weighted by Gasteiger charge is -2.39. The average molecular weight is 222 g/mol. The van der Waals surface area contributed by atoms with Crippen molar-refractivity contribution in [3.63, 3.8) is 0 Å². The molecule has 2 bridgehead atoms. The molecule has 2 aliphatic heterocycles. The number of hydrogen-bond acceptors (Lipinski definition) is 2. The molecule has 2 nitrogen and oxygen atoms in total. The van der Waals surface area contributed by atoms with Gasteiger partial charge in [-0.15, -0.1) is 0 Å². The summed E-state index contributed by atoms with van der Waals surface area (Å²) in [6.07, 6.45) is 10.1. The standard InChI is InChI=1S/C14H26N2/c1-3-4-10-7-14(10)16-12-5-6-13(16)9-11(8-12)15-2/h10-15H,3-9H2,1-2H3. The molecule has 0 amide bonds. The molecule has 0 aromatic carbocycles. The first-order valence-electron chi connectivity index (χ1n) is 7.28. The largest absolute Gasteiger partial charge is 0.317 e. The van der Waals surface area contributed by atoms with Crippen molar-refractivity contribution in [3.8, 4) is 0 Å². The van der Waals surface area contributed by atoms with Crippen molar-refractivity contribution in [2.75, 3.05) is 7.05 Å². The van der Waals surface area contributed by atoms with Crippen molar-refractivity contribution in [2.24, 2.45) is 5.92 Å². The van der Waals surface area contributed by atoms with E-state index in [0.29, 0.717) is 0 Å². The normalized spacial score (nSPS) is 47.2. The minimum Gasteiger partial charge on any atom is -0.317 e. The summed E-state index contributed by atoms with van der Waals surface area (Å²) >= 11 is 0. The Hall–Kier alpha value is -0.0800. The first-order valence-corrected chi connectivity index (χ1v) is 7.28. The summed E-state index contributed by atoms with van der Waals surface area (Å²) in [5.41, 5.74) is 0. The Morgan fingerprint density at radius 2 is 1.81 bits per heavy atom. The van der Waals surface area contributed by atoms with E-state index in [2.05, 4.69) is 24.2 Å². The van der Waals surface area contributed by atoms with Crippen molar-refractivity contribution in [3.05, 3.63) is 0 Å². The van der Waals surface area contributed by atoms with E-state index in [1.165, 1.54) is 44.9 Å². The first kappa shape index (κ1) is 11.0. The second-order valence-corrected chi connectivity index (χ2v) is 6.14. The number of hydrogen-bond donors (Lipinski definition) is 1. The molecule has 92 valence electrons. The van der Waals surface area contributed by atoms with Crippen LogP contribution in [0.15, 0.2) is 0 Å². The predicted molar refractivity (Wildman–Crippen MR) is 67.5 cm³/mol. The third-order valence-corrected chi connectivity index (χ3v) is 5.13. The molecule has 2 heterocycles. The van der Waals surface area contributed by atoms with E-state index >= 15 is 0 Å². The lowest BCUT2D eigenvalue weighted by molar-refractivity contribution is 0.104. The van der Waals surface area contributed by atoms with Gasteiger partial charge in [-0.25, -0.2) is 0 Å². The molecular formula is C14H26N2. The predicted octanol–water partition coefficient (Wildman–Crippen LogP) is 2.39. The van der Waals surface area contributed by atoms with Crippen LogP contribution < -0.4 is 5.32 Å². The van der Waals surface area contributed by atoms with Gasteiger partial charge in [0.2, 0.25) is 0 Å². The van der Waals surface area contributed by atoms with Gasteiger partial charge >= 0.3 is 0 Å². The summed E-state index contributed by atoms with van der Waals surface area (Å²) < 4.78 is 0. The fourth-order valence-electron chi connectivity index (χ4n) is 4.27. The monoisotopic (exact) mass is 222 g/mol. The quantitative estimate of drug-likeness (QED) is 0.786. The maximum atomic E-state index is 3.49. The van der Waals surface area contributed by atoms with Crippen LogP contribution in [0.1, 0.15) is 51.9 Å². The molecule has 3 aliphatic rings. The van der Waals surface area contributed by atoms with E-state index in [9.17, 15) is 0 Å². The molecule has 3 rings (SSSR count). The van der Waals surface area contributed by atoms with Gasteiger partial charge in [-0.1, -0.05) is 13.3 Å². The van der Waals surface area contributed by atoms with E-state index in [1.54, 1.807) is 0 Å². The summed E-state index contributed by atoms with van der Waals surface area (Å²) in [6, 6.07) is 3.62. The van der Waals surface area contributed by atoms with E-state index in [4.69, 9.17) is 0 Å². The van der Waals surface area contributed by atoms with Gasteiger partial charge in [-0.2, -0.15) is 0 Å². The van der Waals surface area contributed by atoms with Gasteiger partial charge < -0.3 is 5.32 Å². The maximum Gasteiger partial charge on any atom is 0.0133 e. The Labute approximate surface area is 99.8 Å². The highest BCUT2D eigenvalue weighted by Crippen LogP contribution is 2.48. The van der Waals surface area contributed by atoms with Crippen molar-refractivity contribution < 1.29 is 0 Å². The van der Waals surface area contributed by atoms with Gasteiger partial charge in [0, 0.05) is 24.2 Å². The van der Waals surface area contributed by atoms with Crippen molar-refractivity contribution >= 4 is 0 Å². The topological polar surface area (TPSA) is 15.3 Å². The van der Waals surface area contributed by atoms with Gasteiger partial charge in [0.1, 0.15) is 0 Å². The fraction of sp³-hybridized carbons (Fsp3) is 1.00. The third-order valence-electron chi connectivity index (χ3n) is 5.13. The number of fused-ring (bicyclic) bond motifs is 2. The molecule has 4 unspecified atom stereocenters. The first-order chi connectivity index (χ1) is 7.83. The Kier molecular flexibility index (Phi) is 2.97. The van der Waals surface area contributed by atoms with Crippen molar-refractivity contribution in [2.45, 2.75) is 76.0 Å². The lowest BCUT2D eigenvalue weighted by Crippen LogP contribution is -2.49. The average Bonchev–Trinajstić information content (AvgIpc) is 3.00. The Bertz CT molecular complexity index is 239. The summed E-state index contributed by atoms with van der Waals surface area (Å²) in [5.74, 6) is 1.05. The highest BCUT2D eigenvalue weighted by Gasteiger charge is 2.51. The van der Waals surface area contributed by atoms with Crippen LogP contribution in [0.4, 0.5) is 0 Å². The van der Waals surface area contributed by atoms with Crippen LogP contribution in [0.5, 0.6) is 0 Å². The zero-order valence-corrected chi connectivity index (χ0v) is 10.8. The van der Waals surface area contributed by atoms with Gasteiger partial charge in [0.15, 0.2) is 0 Å². The van der Waals surface area contributed by atoms with E-state index in [1.807, 2.05) is 0 Å². The lowest BCUT2D eigenvalue weighted by atomic mass is 9.97.